The summed E-state index contributed by atoms with van der Waals surface area (Å²) >= 11 is 0. The fraction of sp³-hybridized carbons (Fsp3) is 0.526. The van der Waals surface area contributed by atoms with Crippen molar-refractivity contribution >= 4 is 0 Å². The van der Waals surface area contributed by atoms with Gasteiger partial charge < -0.3 is 0 Å². The zero-order chi connectivity index (χ0) is 28.4. The molecule has 3 aromatic rings. The molecule has 0 amide bonds. The minimum atomic E-state index is -0.724. The van der Waals surface area contributed by atoms with E-state index in [-0.39, 0.29) is 0 Å². The third kappa shape index (κ3) is 10.8. The lowest BCUT2D eigenvalue weighted by Crippen LogP contribution is -2.03. The second kappa shape index (κ2) is 18.8. The van der Waals surface area contributed by atoms with Crippen LogP contribution in [0.15, 0.2) is 66.7 Å². The summed E-state index contributed by atoms with van der Waals surface area (Å²) in [6.45, 7) is 4.53. The summed E-state index contributed by atoms with van der Waals surface area (Å²) in [5, 5.41) is 0. The first-order chi connectivity index (χ1) is 19.6. The van der Waals surface area contributed by atoms with Gasteiger partial charge in [0.25, 0.3) is 0 Å². The Kier molecular flexibility index (Phi) is 15.1. The second-order valence-corrected chi connectivity index (χ2v) is 11.7. The summed E-state index contributed by atoms with van der Waals surface area (Å²) in [7, 11) is 0. The molecule has 0 aliphatic carbocycles. The lowest BCUT2D eigenvalue weighted by atomic mass is 9.89. The summed E-state index contributed by atoms with van der Waals surface area (Å²) in [6.07, 6.45) is 21.4. The average Bonchev–Trinajstić information content (AvgIpc) is 2.99. The topological polar surface area (TPSA) is 0 Å². The molecule has 0 aliphatic heterocycles. The van der Waals surface area contributed by atoms with Crippen LogP contribution < -0.4 is 0 Å². The van der Waals surface area contributed by atoms with Gasteiger partial charge in [0.1, 0.15) is 0 Å². The van der Waals surface area contributed by atoms with Crippen LogP contribution in [0.3, 0.4) is 0 Å². The molecule has 0 N–H and O–H groups in total. The highest BCUT2D eigenvalue weighted by atomic mass is 19.2. The Morgan fingerprint density at radius 1 is 0.475 bits per heavy atom. The molecule has 0 heterocycles. The number of benzene rings is 3. The Morgan fingerprint density at radius 3 is 1.65 bits per heavy atom. The molecule has 0 aliphatic rings. The Hall–Kier alpha value is -2.48. The smallest absolute Gasteiger partial charge is 0.166 e. The van der Waals surface area contributed by atoms with Gasteiger partial charge in [0.2, 0.25) is 0 Å². The van der Waals surface area contributed by atoms with Gasteiger partial charge in [-0.2, -0.15) is 0 Å². The first kappa shape index (κ1) is 32.0. The van der Waals surface area contributed by atoms with E-state index in [1.807, 2.05) is 54.6 Å². The highest BCUT2D eigenvalue weighted by molar-refractivity contribution is 5.71. The van der Waals surface area contributed by atoms with Crippen molar-refractivity contribution in [2.75, 3.05) is 0 Å². The zero-order valence-electron chi connectivity index (χ0n) is 25.2. The Balaban J connectivity index is 1.45. The van der Waals surface area contributed by atoms with Crippen LogP contribution in [0.1, 0.15) is 122 Å². The van der Waals surface area contributed by atoms with E-state index in [1.54, 1.807) is 12.1 Å². The number of hydrogen-bond acceptors (Lipinski definition) is 0. The van der Waals surface area contributed by atoms with Crippen molar-refractivity contribution < 1.29 is 8.78 Å². The van der Waals surface area contributed by atoms with Gasteiger partial charge >= 0.3 is 0 Å². The van der Waals surface area contributed by atoms with Gasteiger partial charge in [-0.25, -0.2) is 8.78 Å². The predicted octanol–water partition coefficient (Wildman–Crippen LogP) is 12.7. The number of unbranched alkanes of at least 4 members (excludes halogenated alkanes) is 10. The molecule has 0 saturated heterocycles. The quantitative estimate of drug-likeness (QED) is 0.124. The molecule has 40 heavy (non-hydrogen) atoms. The summed E-state index contributed by atoms with van der Waals surface area (Å²) in [5.41, 5.74) is 3.73. The Morgan fingerprint density at radius 2 is 1.00 bits per heavy atom. The molecule has 0 saturated carbocycles. The fourth-order valence-corrected chi connectivity index (χ4v) is 5.91. The van der Waals surface area contributed by atoms with Crippen molar-refractivity contribution in [2.24, 2.45) is 5.92 Å². The van der Waals surface area contributed by atoms with Crippen LogP contribution >= 0.6 is 0 Å². The fourth-order valence-electron chi connectivity index (χ4n) is 5.91. The maximum Gasteiger partial charge on any atom is 0.166 e. The van der Waals surface area contributed by atoms with E-state index >= 15 is 8.78 Å². The molecule has 0 spiro atoms. The van der Waals surface area contributed by atoms with Crippen LogP contribution in [-0.2, 0) is 6.42 Å². The van der Waals surface area contributed by atoms with E-state index in [9.17, 15) is 0 Å². The van der Waals surface area contributed by atoms with Gasteiger partial charge in [-0.05, 0) is 41.0 Å². The van der Waals surface area contributed by atoms with Crippen molar-refractivity contribution in [3.63, 3.8) is 0 Å². The molecule has 218 valence electrons. The molecular weight excluding hydrogens is 494 g/mol. The highest BCUT2D eigenvalue weighted by Crippen LogP contribution is 2.30. The first-order valence-corrected chi connectivity index (χ1v) is 16.3. The molecule has 1 unspecified atom stereocenters. The number of hydrogen-bond donors (Lipinski definition) is 0. The molecule has 3 rings (SSSR count). The van der Waals surface area contributed by atoms with Crippen molar-refractivity contribution in [2.45, 2.75) is 123 Å². The summed E-state index contributed by atoms with van der Waals surface area (Å²) in [5.74, 6) is -0.688. The van der Waals surface area contributed by atoms with Gasteiger partial charge in [-0.15, -0.1) is 0 Å². The van der Waals surface area contributed by atoms with E-state index in [0.29, 0.717) is 29.0 Å². The van der Waals surface area contributed by atoms with Gasteiger partial charge in [0, 0.05) is 5.56 Å². The van der Waals surface area contributed by atoms with E-state index < -0.39 is 11.6 Å². The zero-order valence-corrected chi connectivity index (χ0v) is 25.2. The largest absolute Gasteiger partial charge is 0.203 e. The van der Waals surface area contributed by atoms with Gasteiger partial charge in [0.05, 0.1) is 0 Å². The molecule has 3 aromatic carbocycles. The minimum absolute atomic E-state index is 0.336. The van der Waals surface area contributed by atoms with Crippen LogP contribution in [0, 0.1) is 17.6 Å². The van der Waals surface area contributed by atoms with Crippen molar-refractivity contribution in [1.29, 1.82) is 0 Å². The highest BCUT2D eigenvalue weighted by Gasteiger charge is 2.16. The van der Waals surface area contributed by atoms with Crippen LogP contribution in [0.4, 0.5) is 8.78 Å². The van der Waals surface area contributed by atoms with E-state index in [2.05, 4.69) is 13.8 Å². The third-order valence-electron chi connectivity index (χ3n) is 8.46. The molecule has 2 heteroatoms. The molecule has 0 bridgehead atoms. The lowest BCUT2D eigenvalue weighted by Gasteiger charge is -2.17. The number of aryl methyl sites for hydroxylation is 1. The van der Waals surface area contributed by atoms with Gasteiger partial charge in [0.15, 0.2) is 11.6 Å². The number of halogens is 2. The molecule has 1 atom stereocenters. The summed E-state index contributed by atoms with van der Waals surface area (Å²) in [4.78, 5) is 0. The second-order valence-electron chi connectivity index (χ2n) is 11.7. The maximum absolute atomic E-state index is 15.1. The Labute approximate surface area is 243 Å². The maximum atomic E-state index is 15.1. The SMILES string of the molecule is CCCCCCCCCCCCC(CCCC)CCCc1ccc(-c2ccc(-c3ccccc3)cc2)c(F)c1F. The molecule has 0 radical (unpaired) electrons. The van der Waals surface area contributed by atoms with Crippen molar-refractivity contribution in [3.8, 4) is 22.3 Å². The van der Waals surface area contributed by atoms with Crippen LogP contribution in [0.5, 0.6) is 0 Å². The number of rotatable bonds is 20. The van der Waals surface area contributed by atoms with E-state index in [4.69, 9.17) is 0 Å². The van der Waals surface area contributed by atoms with Gasteiger partial charge in [-0.1, -0.05) is 177 Å². The van der Waals surface area contributed by atoms with E-state index in [0.717, 1.165) is 24.0 Å². The van der Waals surface area contributed by atoms with Crippen LogP contribution in [0.25, 0.3) is 22.3 Å². The normalized spacial score (nSPS) is 12.1. The standard InChI is InChI=1S/C38H52F2/c1-3-5-7-8-9-10-11-12-13-15-20-31(19-6-4-2)21-18-24-35-29-30-36(38(40)37(35)39)34-27-25-33(26-28-34)32-22-16-14-17-23-32/h14,16-17,22-23,25-31H,3-13,15,18-21,24H2,1-2H3. The van der Waals surface area contributed by atoms with Crippen LogP contribution in [-0.4, -0.2) is 0 Å². The molecule has 0 fully saturated rings. The summed E-state index contributed by atoms with van der Waals surface area (Å²) < 4.78 is 30.2. The average molecular weight is 547 g/mol. The predicted molar refractivity (Wildman–Crippen MR) is 170 cm³/mol. The molecular formula is C38H52F2. The Bertz CT molecular complexity index is 1070. The minimum Gasteiger partial charge on any atom is -0.203 e. The molecule has 0 aromatic heterocycles. The van der Waals surface area contributed by atoms with Crippen molar-refractivity contribution in [3.05, 3.63) is 83.9 Å². The van der Waals surface area contributed by atoms with Crippen molar-refractivity contribution in [1.82, 2.24) is 0 Å². The van der Waals surface area contributed by atoms with Gasteiger partial charge in [-0.3, -0.25) is 0 Å². The summed E-state index contributed by atoms with van der Waals surface area (Å²) in [6, 6.07) is 21.3. The molecule has 0 nitrogen and oxygen atoms in total. The lowest BCUT2D eigenvalue weighted by molar-refractivity contribution is 0.376. The monoisotopic (exact) mass is 546 g/mol. The third-order valence-corrected chi connectivity index (χ3v) is 8.46. The first-order valence-electron chi connectivity index (χ1n) is 16.3. The van der Waals surface area contributed by atoms with Crippen LogP contribution in [0.2, 0.25) is 0 Å². The van der Waals surface area contributed by atoms with E-state index in [1.165, 1.54) is 89.9 Å².